The van der Waals surface area contributed by atoms with Crippen molar-refractivity contribution in [2.24, 2.45) is 0 Å². The summed E-state index contributed by atoms with van der Waals surface area (Å²) in [4.78, 5) is 26.7. The fourth-order valence-electron chi connectivity index (χ4n) is 3.97. The SMILES string of the molecule is C/C=c1/oc(-c2ccccc2)c(O[B]Oc2c(-c3ccccc3)oc(=C/C)/c(=C\C)c2=O)c(=O)/c1=C/C. The molecule has 4 aromatic rings. The van der Waals surface area contributed by atoms with Gasteiger partial charge in [-0.1, -0.05) is 72.8 Å². The van der Waals surface area contributed by atoms with Crippen LogP contribution < -0.4 is 41.4 Å². The zero-order chi connectivity index (χ0) is 26.4. The van der Waals surface area contributed by atoms with Crippen LogP contribution in [0.4, 0.5) is 0 Å². The lowest BCUT2D eigenvalue weighted by molar-refractivity contribution is 0.417. The third-order valence-electron chi connectivity index (χ3n) is 5.77. The topological polar surface area (TPSA) is 78.9 Å². The van der Waals surface area contributed by atoms with E-state index in [4.69, 9.17) is 18.1 Å². The molecule has 0 saturated heterocycles. The third kappa shape index (κ3) is 5.07. The number of benzene rings is 2. The van der Waals surface area contributed by atoms with Crippen LogP contribution >= 0.6 is 0 Å². The molecular weight excluding hydrogens is 467 g/mol. The highest BCUT2D eigenvalue weighted by Crippen LogP contribution is 2.27. The molecule has 0 unspecified atom stereocenters. The second kappa shape index (κ2) is 11.5. The van der Waals surface area contributed by atoms with Gasteiger partial charge in [0.1, 0.15) is 10.8 Å². The predicted octanol–water partition coefficient (Wildman–Crippen LogP) is 3.12. The Balaban J connectivity index is 1.82. The summed E-state index contributed by atoms with van der Waals surface area (Å²) >= 11 is 0. The molecule has 0 fully saturated rings. The van der Waals surface area contributed by atoms with Crippen LogP contribution in [-0.2, 0) is 0 Å². The van der Waals surface area contributed by atoms with E-state index in [0.717, 1.165) is 7.69 Å². The Labute approximate surface area is 214 Å². The van der Waals surface area contributed by atoms with Gasteiger partial charge in [0.2, 0.25) is 10.9 Å². The molecule has 1 radical (unpaired) electrons. The van der Waals surface area contributed by atoms with E-state index in [-0.39, 0.29) is 33.9 Å². The van der Waals surface area contributed by atoms with Crippen molar-refractivity contribution in [1.29, 1.82) is 0 Å². The second-order valence-corrected chi connectivity index (χ2v) is 7.95. The van der Waals surface area contributed by atoms with Crippen molar-refractivity contribution < 1.29 is 18.1 Å². The number of hydrogen-bond donors (Lipinski definition) is 0. The summed E-state index contributed by atoms with van der Waals surface area (Å²) in [6.45, 7) is 7.08. The zero-order valence-electron chi connectivity index (χ0n) is 21.1. The van der Waals surface area contributed by atoms with Crippen molar-refractivity contribution in [2.45, 2.75) is 27.7 Å². The first-order chi connectivity index (χ1) is 18.0. The van der Waals surface area contributed by atoms with Gasteiger partial charge in [0.05, 0.1) is 10.4 Å². The van der Waals surface area contributed by atoms with E-state index < -0.39 is 0 Å². The van der Waals surface area contributed by atoms with Crippen LogP contribution in [0.3, 0.4) is 0 Å². The molecule has 7 heteroatoms. The van der Waals surface area contributed by atoms with Crippen LogP contribution in [0.1, 0.15) is 27.7 Å². The van der Waals surface area contributed by atoms with Crippen LogP contribution in [0.25, 0.3) is 47.0 Å². The monoisotopic (exact) mass is 493 g/mol. The summed E-state index contributed by atoms with van der Waals surface area (Å²) < 4.78 is 23.6. The van der Waals surface area contributed by atoms with Gasteiger partial charge in [-0.25, -0.2) is 0 Å². The second-order valence-electron chi connectivity index (χ2n) is 7.95. The summed E-state index contributed by atoms with van der Waals surface area (Å²) in [6, 6.07) is 18.3. The number of hydrogen-bond acceptors (Lipinski definition) is 6. The molecule has 6 nitrogen and oxygen atoms in total. The van der Waals surface area contributed by atoms with E-state index in [1.54, 1.807) is 52.0 Å². The van der Waals surface area contributed by atoms with Crippen LogP contribution in [0.15, 0.2) is 79.1 Å². The molecule has 2 aromatic heterocycles. The molecule has 0 amide bonds. The molecule has 2 aromatic carbocycles. The third-order valence-corrected chi connectivity index (χ3v) is 5.77. The molecule has 0 saturated carbocycles. The van der Waals surface area contributed by atoms with Gasteiger partial charge < -0.3 is 18.1 Å². The Morgan fingerprint density at radius 3 is 1.30 bits per heavy atom. The predicted molar refractivity (Wildman–Crippen MR) is 147 cm³/mol. The van der Waals surface area contributed by atoms with E-state index in [9.17, 15) is 9.59 Å². The van der Waals surface area contributed by atoms with Gasteiger partial charge in [-0.05, 0) is 39.8 Å². The molecule has 0 aliphatic heterocycles. The van der Waals surface area contributed by atoms with E-state index in [2.05, 4.69) is 0 Å². The lowest BCUT2D eigenvalue weighted by Gasteiger charge is -2.12. The Hall–Kier alpha value is -4.52. The molecule has 185 valence electrons. The minimum absolute atomic E-state index is 0.0589. The highest BCUT2D eigenvalue weighted by atomic mass is 16.6. The first kappa shape index (κ1) is 25.6. The average molecular weight is 493 g/mol. The van der Waals surface area contributed by atoms with Gasteiger partial charge in [0.15, 0.2) is 23.0 Å². The van der Waals surface area contributed by atoms with Crippen molar-refractivity contribution in [3.8, 4) is 34.1 Å². The zero-order valence-corrected chi connectivity index (χ0v) is 21.1. The molecule has 0 aliphatic carbocycles. The summed E-state index contributed by atoms with van der Waals surface area (Å²) in [5, 5.41) is 0.724. The minimum atomic E-state index is -0.366. The lowest BCUT2D eigenvalue weighted by atomic mass is 10.1. The average Bonchev–Trinajstić information content (AvgIpc) is 2.94. The smallest absolute Gasteiger partial charge is 0.521 e. The summed E-state index contributed by atoms with van der Waals surface area (Å²) in [5.74, 6) is 0.378. The first-order valence-corrected chi connectivity index (χ1v) is 11.9. The van der Waals surface area contributed by atoms with Gasteiger partial charge in [0, 0.05) is 11.1 Å². The molecule has 4 rings (SSSR count). The Morgan fingerprint density at radius 1 is 0.595 bits per heavy atom. The molecule has 0 N–H and O–H groups in total. The van der Waals surface area contributed by atoms with Crippen molar-refractivity contribution >= 4 is 32.0 Å². The number of rotatable bonds is 6. The molecule has 2 heterocycles. The van der Waals surface area contributed by atoms with Crippen molar-refractivity contribution in [3.63, 3.8) is 0 Å². The van der Waals surface area contributed by atoms with Crippen molar-refractivity contribution in [2.75, 3.05) is 0 Å². The molecule has 0 atom stereocenters. The standard InChI is InChI=1S/C30H26BO6/c1-5-21-23(7-3)34-27(19-15-11-9-12-16-19)29(25(21)32)36-31-37-30-26(33)22(6-2)24(8-4)35-28(30)20-17-13-10-14-18-20/h5-18H,1-4H3/b21-5+,22-6+,23-7+,24-8+. The van der Waals surface area contributed by atoms with E-state index >= 15 is 0 Å². The molecular formula is C30H26BO6. The normalized spacial score (nSPS) is 13.2. The molecule has 0 aliphatic rings. The lowest BCUT2D eigenvalue weighted by Crippen LogP contribution is -2.41. The summed E-state index contributed by atoms with van der Waals surface area (Å²) in [5.41, 5.74) is 1.44. The Kier molecular flexibility index (Phi) is 7.94. The molecule has 0 spiro atoms. The Bertz CT molecular complexity index is 1640. The first-order valence-electron chi connectivity index (χ1n) is 11.9. The van der Waals surface area contributed by atoms with E-state index in [1.165, 1.54) is 0 Å². The Morgan fingerprint density at radius 2 is 0.973 bits per heavy atom. The quantitative estimate of drug-likeness (QED) is 0.384. The fourth-order valence-corrected chi connectivity index (χ4v) is 3.97. The van der Waals surface area contributed by atoms with E-state index in [1.807, 2.05) is 60.7 Å². The summed E-state index contributed by atoms with van der Waals surface area (Å²) in [7, 11) is 0.959. The van der Waals surface area contributed by atoms with Gasteiger partial charge >= 0.3 is 7.69 Å². The van der Waals surface area contributed by atoms with Gasteiger partial charge in [-0.15, -0.1) is 0 Å². The maximum absolute atomic E-state index is 13.4. The highest BCUT2D eigenvalue weighted by molar-refractivity contribution is 6.21. The van der Waals surface area contributed by atoms with E-state index in [0.29, 0.717) is 32.4 Å². The van der Waals surface area contributed by atoms with Gasteiger partial charge in [-0.2, -0.15) is 0 Å². The maximum atomic E-state index is 13.4. The largest absolute Gasteiger partial charge is 0.658 e. The van der Waals surface area contributed by atoms with Crippen molar-refractivity contribution in [1.82, 2.24) is 0 Å². The van der Waals surface area contributed by atoms with Crippen LogP contribution in [0.5, 0.6) is 11.5 Å². The highest BCUT2D eigenvalue weighted by Gasteiger charge is 2.21. The van der Waals surface area contributed by atoms with Crippen LogP contribution in [-0.4, -0.2) is 7.69 Å². The van der Waals surface area contributed by atoms with Crippen LogP contribution in [0.2, 0.25) is 0 Å². The van der Waals surface area contributed by atoms with Crippen LogP contribution in [0, 0.1) is 0 Å². The maximum Gasteiger partial charge on any atom is 0.658 e. The molecule has 0 bridgehead atoms. The molecule has 37 heavy (non-hydrogen) atoms. The summed E-state index contributed by atoms with van der Waals surface area (Å²) in [6.07, 6.45) is 6.77. The van der Waals surface area contributed by atoms with Gasteiger partial charge in [0.25, 0.3) is 0 Å². The minimum Gasteiger partial charge on any atom is -0.521 e. The van der Waals surface area contributed by atoms with Gasteiger partial charge in [-0.3, -0.25) is 9.59 Å². The fraction of sp³-hybridized carbons (Fsp3) is 0.133. The van der Waals surface area contributed by atoms with Crippen molar-refractivity contribution in [3.05, 3.63) is 102 Å².